The van der Waals surface area contributed by atoms with Crippen LogP contribution in [0.15, 0.2) is 42.9 Å². The molecule has 23 heavy (non-hydrogen) atoms. The second kappa shape index (κ2) is 6.34. The summed E-state index contributed by atoms with van der Waals surface area (Å²) in [6.45, 7) is 3.84. The third-order valence-electron chi connectivity index (χ3n) is 3.37. The van der Waals surface area contributed by atoms with Crippen molar-refractivity contribution in [2.75, 3.05) is 5.32 Å². The summed E-state index contributed by atoms with van der Waals surface area (Å²) in [5.41, 5.74) is 1.81. The second-order valence-corrected chi connectivity index (χ2v) is 5.60. The number of rotatable bonds is 4. The van der Waals surface area contributed by atoms with E-state index in [4.69, 9.17) is 11.6 Å². The van der Waals surface area contributed by atoms with E-state index >= 15 is 0 Å². The lowest BCUT2D eigenvalue weighted by Crippen LogP contribution is -2.11. The van der Waals surface area contributed by atoms with Crippen molar-refractivity contribution in [2.45, 2.75) is 19.9 Å². The van der Waals surface area contributed by atoms with Crippen molar-refractivity contribution in [3.05, 3.63) is 65.1 Å². The molecular weight excluding hydrogens is 317 g/mol. The first-order valence-electron chi connectivity index (χ1n) is 7.09. The Kier molecular flexibility index (Phi) is 4.25. The minimum atomic E-state index is -0.266. The van der Waals surface area contributed by atoms with Gasteiger partial charge in [0, 0.05) is 12.3 Å². The van der Waals surface area contributed by atoms with Crippen molar-refractivity contribution in [1.29, 1.82) is 0 Å². The molecule has 3 aromatic rings. The number of aryl methyl sites for hydroxylation is 1. The molecule has 5 nitrogen and oxygen atoms in total. The van der Waals surface area contributed by atoms with Crippen LogP contribution in [0.1, 0.15) is 24.2 Å². The van der Waals surface area contributed by atoms with Crippen LogP contribution >= 0.6 is 11.6 Å². The van der Waals surface area contributed by atoms with Gasteiger partial charge in [-0.15, -0.1) is 0 Å². The number of hydrogen-bond donors (Lipinski definition) is 1. The van der Waals surface area contributed by atoms with E-state index in [-0.39, 0.29) is 11.9 Å². The molecule has 3 rings (SSSR count). The largest absolute Gasteiger partial charge is 0.348 e. The molecule has 2 aromatic heterocycles. The number of anilines is 1. The predicted octanol–water partition coefficient (Wildman–Crippen LogP) is 3.94. The summed E-state index contributed by atoms with van der Waals surface area (Å²) in [6, 6.07) is 7.86. The maximum atomic E-state index is 13.0. The molecule has 0 fully saturated rings. The Morgan fingerprint density at radius 1 is 1.22 bits per heavy atom. The molecule has 0 amide bonds. The van der Waals surface area contributed by atoms with Crippen LogP contribution in [0.2, 0.25) is 5.15 Å². The summed E-state index contributed by atoms with van der Waals surface area (Å²) >= 11 is 6.08. The van der Waals surface area contributed by atoms with Crippen molar-refractivity contribution in [3.63, 3.8) is 0 Å². The smallest absolute Gasteiger partial charge is 0.226 e. The highest BCUT2D eigenvalue weighted by molar-refractivity contribution is 6.29. The zero-order chi connectivity index (χ0) is 16.4. The lowest BCUT2D eigenvalue weighted by atomic mass is 10.1. The maximum absolute atomic E-state index is 13.0. The quantitative estimate of drug-likeness (QED) is 0.736. The normalized spacial score (nSPS) is 12.2. The Hall–Kier alpha value is -2.47. The Labute approximate surface area is 138 Å². The number of benzene rings is 1. The van der Waals surface area contributed by atoms with Crippen LogP contribution in [0.25, 0.3) is 5.82 Å². The van der Waals surface area contributed by atoms with E-state index in [2.05, 4.69) is 20.3 Å². The van der Waals surface area contributed by atoms with E-state index < -0.39 is 0 Å². The minimum Gasteiger partial charge on any atom is -0.348 e. The van der Waals surface area contributed by atoms with E-state index in [0.717, 1.165) is 11.3 Å². The standard InChI is InChI=1S/C16H15ClFN5/c1-10-8-23(9-19-10)15-7-14(17)21-16(22-15)20-11(2)12-3-5-13(18)6-4-12/h3-9,11H,1-2H3,(H,20,21,22). The zero-order valence-electron chi connectivity index (χ0n) is 12.7. The molecule has 1 atom stereocenters. The molecule has 118 valence electrons. The highest BCUT2D eigenvalue weighted by Crippen LogP contribution is 2.20. The first kappa shape index (κ1) is 15.4. The van der Waals surface area contributed by atoms with Crippen LogP contribution in [0.5, 0.6) is 0 Å². The van der Waals surface area contributed by atoms with Crippen LogP contribution in [-0.4, -0.2) is 19.5 Å². The Balaban J connectivity index is 1.85. The van der Waals surface area contributed by atoms with Gasteiger partial charge in [-0.05, 0) is 31.5 Å². The number of nitrogens with zero attached hydrogens (tertiary/aromatic N) is 4. The highest BCUT2D eigenvalue weighted by atomic mass is 35.5. The molecule has 0 aliphatic carbocycles. The van der Waals surface area contributed by atoms with Gasteiger partial charge in [0.2, 0.25) is 5.95 Å². The van der Waals surface area contributed by atoms with Gasteiger partial charge in [0.25, 0.3) is 0 Å². The molecule has 0 aliphatic rings. The van der Waals surface area contributed by atoms with Gasteiger partial charge in [0.1, 0.15) is 23.1 Å². The maximum Gasteiger partial charge on any atom is 0.226 e. The SMILES string of the molecule is Cc1cn(-c2cc(Cl)nc(NC(C)c3ccc(F)cc3)n2)cn1. The molecule has 0 bridgehead atoms. The van der Waals surface area contributed by atoms with E-state index in [0.29, 0.717) is 16.9 Å². The van der Waals surface area contributed by atoms with Crippen LogP contribution in [-0.2, 0) is 0 Å². The number of halogens is 2. The lowest BCUT2D eigenvalue weighted by molar-refractivity contribution is 0.626. The van der Waals surface area contributed by atoms with Gasteiger partial charge in [-0.1, -0.05) is 23.7 Å². The fourth-order valence-corrected chi connectivity index (χ4v) is 2.36. The summed E-state index contributed by atoms with van der Waals surface area (Å²) < 4.78 is 14.8. The molecule has 0 saturated heterocycles. The van der Waals surface area contributed by atoms with Gasteiger partial charge in [0.15, 0.2) is 0 Å². The Morgan fingerprint density at radius 3 is 2.61 bits per heavy atom. The topological polar surface area (TPSA) is 55.6 Å². The molecule has 0 radical (unpaired) electrons. The lowest BCUT2D eigenvalue weighted by Gasteiger charge is -2.15. The summed E-state index contributed by atoms with van der Waals surface area (Å²) in [5, 5.41) is 3.50. The average Bonchev–Trinajstić information content (AvgIpc) is 2.94. The van der Waals surface area contributed by atoms with Gasteiger partial charge in [0.05, 0.1) is 11.7 Å². The molecule has 0 saturated carbocycles. The molecular formula is C16H15ClFN5. The summed E-state index contributed by atoms with van der Waals surface area (Å²) in [5.74, 6) is 0.757. The van der Waals surface area contributed by atoms with Crippen LogP contribution in [0, 0.1) is 12.7 Å². The van der Waals surface area contributed by atoms with E-state index in [1.54, 1.807) is 29.1 Å². The van der Waals surface area contributed by atoms with Gasteiger partial charge in [-0.25, -0.2) is 14.4 Å². The molecule has 1 aromatic carbocycles. The predicted molar refractivity (Wildman–Crippen MR) is 87.3 cm³/mol. The van der Waals surface area contributed by atoms with Gasteiger partial charge >= 0.3 is 0 Å². The number of aromatic nitrogens is 4. The van der Waals surface area contributed by atoms with E-state index in [1.807, 2.05) is 20.0 Å². The van der Waals surface area contributed by atoms with Gasteiger partial charge < -0.3 is 5.32 Å². The van der Waals surface area contributed by atoms with Crippen molar-refractivity contribution >= 4 is 17.5 Å². The molecule has 1 N–H and O–H groups in total. The molecule has 7 heteroatoms. The fraction of sp³-hybridized carbons (Fsp3) is 0.188. The first-order chi connectivity index (χ1) is 11.0. The molecule has 0 spiro atoms. The number of imidazole rings is 1. The molecule has 1 unspecified atom stereocenters. The third kappa shape index (κ3) is 3.65. The van der Waals surface area contributed by atoms with Crippen LogP contribution in [0.3, 0.4) is 0 Å². The van der Waals surface area contributed by atoms with Gasteiger partial charge in [-0.2, -0.15) is 4.98 Å². The van der Waals surface area contributed by atoms with Crippen molar-refractivity contribution in [3.8, 4) is 5.82 Å². The van der Waals surface area contributed by atoms with E-state index in [9.17, 15) is 4.39 Å². The number of hydrogen-bond acceptors (Lipinski definition) is 4. The first-order valence-corrected chi connectivity index (χ1v) is 7.46. The Morgan fingerprint density at radius 2 is 1.96 bits per heavy atom. The number of nitrogens with one attached hydrogen (secondary N) is 1. The Bertz CT molecular complexity index is 816. The minimum absolute atomic E-state index is 0.0913. The zero-order valence-corrected chi connectivity index (χ0v) is 13.4. The fourth-order valence-electron chi connectivity index (χ4n) is 2.18. The molecule has 2 heterocycles. The van der Waals surface area contributed by atoms with Crippen LogP contribution in [0.4, 0.5) is 10.3 Å². The summed E-state index contributed by atoms with van der Waals surface area (Å²) in [6.07, 6.45) is 3.52. The van der Waals surface area contributed by atoms with E-state index in [1.165, 1.54) is 12.1 Å². The third-order valence-corrected chi connectivity index (χ3v) is 3.57. The van der Waals surface area contributed by atoms with Gasteiger partial charge in [-0.3, -0.25) is 4.57 Å². The van der Waals surface area contributed by atoms with Crippen LogP contribution < -0.4 is 5.32 Å². The van der Waals surface area contributed by atoms with Crippen molar-refractivity contribution < 1.29 is 4.39 Å². The second-order valence-electron chi connectivity index (χ2n) is 5.21. The monoisotopic (exact) mass is 331 g/mol. The van der Waals surface area contributed by atoms with Crippen molar-refractivity contribution in [2.24, 2.45) is 0 Å². The summed E-state index contributed by atoms with van der Waals surface area (Å²) in [7, 11) is 0. The molecule has 0 aliphatic heterocycles. The van der Waals surface area contributed by atoms with Crippen molar-refractivity contribution in [1.82, 2.24) is 19.5 Å². The summed E-state index contributed by atoms with van der Waals surface area (Å²) in [4.78, 5) is 12.8. The average molecular weight is 332 g/mol. The highest BCUT2D eigenvalue weighted by Gasteiger charge is 2.10.